The van der Waals surface area contributed by atoms with Gasteiger partial charge in [0.25, 0.3) is 0 Å². The molecule has 5 nitrogen and oxygen atoms in total. The standard InChI is InChI=1S/C29H26FN5/c1-15(2)26-11-22-19-7-5-17(9-21(19)23-12-32-33-13-24(23)28(22)34-26)18-6-8-20(25(30)10-18)27-14-31-29(35-27)16(3)4/h5-10,12-16H,11H2,1-4H3,(H,31,35). The summed E-state index contributed by atoms with van der Waals surface area (Å²) in [4.78, 5) is 12.6. The van der Waals surface area contributed by atoms with E-state index in [0.717, 1.165) is 45.2 Å². The highest BCUT2D eigenvalue weighted by Crippen LogP contribution is 2.43. The summed E-state index contributed by atoms with van der Waals surface area (Å²) in [5, 5.41) is 12.6. The van der Waals surface area contributed by atoms with E-state index < -0.39 is 0 Å². The first-order chi connectivity index (χ1) is 16.9. The third-order valence-corrected chi connectivity index (χ3v) is 6.92. The number of nitrogens with one attached hydrogen (secondary N) is 1. The lowest BCUT2D eigenvalue weighted by molar-refractivity contribution is 0.631. The normalized spacial score (nSPS) is 13.3. The van der Waals surface area contributed by atoms with E-state index in [-0.39, 0.29) is 11.7 Å². The van der Waals surface area contributed by atoms with Crippen LogP contribution in [0.5, 0.6) is 0 Å². The van der Waals surface area contributed by atoms with Gasteiger partial charge in [0.1, 0.15) is 11.6 Å². The Labute approximate surface area is 203 Å². The smallest absolute Gasteiger partial charge is 0.133 e. The van der Waals surface area contributed by atoms with Crippen LogP contribution in [-0.4, -0.2) is 25.9 Å². The van der Waals surface area contributed by atoms with Crippen molar-refractivity contribution < 1.29 is 4.39 Å². The average molecular weight is 464 g/mol. The van der Waals surface area contributed by atoms with Crippen molar-refractivity contribution in [2.24, 2.45) is 10.9 Å². The highest BCUT2D eigenvalue weighted by atomic mass is 19.1. The molecule has 0 bridgehead atoms. The Morgan fingerprint density at radius 2 is 1.54 bits per heavy atom. The molecule has 1 aliphatic rings. The lowest BCUT2D eigenvalue weighted by atomic mass is 9.91. The molecular formula is C29H26FN5. The van der Waals surface area contributed by atoms with Crippen LogP contribution in [0.15, 0.2) is 60.0 Å². The average Bonchev–Trinajstić information content (AvgIpc) is 3.52. The van der Waals surface area contributed by atoms with Crippen LogP contribution in [0.1, 0.15) is 45.0 Å². The largest absolute Gasteiger partial charge is 0.342 e. The van der Waals surface area contributed by atoms with E-state index in [1.165, 1.54) is 16.7 Å². The molecule has 0 saturated carbocycles. The van der Waals surface area contributed by atoms with E-state index >= 15 is 4.39 Å². The van der Waals surface area contributed by atoms with Crippen molar-refractivity contribution >= 4 is 32.9 Å². The molecule has 0 aliphatic carbocycles. The van der Waals surface area contributed by atoms with Crippen LogP contribution >= 0.6 is 0 Å². The number of hydrogen-bond donors (Lipinski definition) is 1. The highest BCUT2D eigenvalue weighted by Gasteiger charge is 2.23. The second kappa shape index (κ2) is 8.08. The number of fused-ring (bicyclic) bond motifs is 6. The first-order valence-corrected chi connectivity index (χ1v) is 12.0. The monoisotopic (exact) mass is 463 g/mol. The summed E-state index contributed by atoms with van der Waals surface area (Å²) in [6, 6.07) is 11.7. The van der Waals surface area contributed by atoms with Crippen molar-refractivity contribution in [3.63, 3.8) is 0 Å². The van der Waals surface area contributed by atoms with Crippen LogP contribution in [0.4, 0.5) is 10.1 Å². The number of H-pyrrole nitrogens is 1. The molecule has 0 radical (unpaired) electrons. The van der Waals surface area contributed by atoms with Gasteiger partial charge in [-0.3, -0.25) is 4.99 Å². The van der Waals surface area contributed by atoms with Gasteiger partial charge in [-0.1, -0.05) is 45.9 Å². The lowest BCUT2D eigenvalue weighted by Gasteiger charge is -2.12. The minimum absolute atomic E-state index is 0.256. The Bertz CT molecular complexity index is 1640. The van der Waals surface area contributed by atoms with Gasteiger partial charge in [0.15, 0.2) is 0 Å². The second-order valence-corrected chi connectivity index (χ2v) is 9.87. The van der Waals surface area contributed by atoms with Gasteiger partial charge in [-0.2, -0.15) is 10.2 Å². The summed E-state index contributed by atoms with van der Waals surface area (Å²) in [6.45, 7) is 8.47. The summed E-state index contributed by atoms with van der Waals surface area (Å²) in [6.07, 6.45) is 6.15. The van der Waals surface area contributed by atoms with Crippen molar-refractivity contribution in [3.05, 3.63) is 72.2 Å². The van der Waals surface area contributed by atoms with Crippen molar-refractivity contribution in [1.82, 2.24) is 20.2 Å². The maximum atomic E-state index is 15.2. The third kappa shape index (κ3) is 3.52. The maximum Gasteiger partial charge on any atom is 0.133 e. The fourth-order valence-electron chi connectivity index (χ4n) is 4.91. The van der Waals surface area contributed by atoms with E-state index in [4.69, 9.17) is 4.99 Å². The van der Waals surface area contributed by atoms with Gasteiger partial charge >= 0.3 is 0 Å². The topological polar surface area (TPSA) is 66.8 Å². The predicted octanol–water partition coefficient (Wildman–Crippen LogP) is 7.39. The molecule has 174 valence electrons. The van der Waals surface area contributed by atoms with Gasteiger partial charge in [0.2, 0.25) is 0 Å². The molecule has 2 aromatic heterocycles. The van der Waals surface area contributed by atoms with Crippen LogP contribution in [0, 0.1) is 11.7 Å². The van der Waals surface area contributed by atoms with Crippen LogP contribution in [-0.2, 0) is 6.42 Å². The molecule has 6 rings (SSSR count). The number of aromatic amines is 1. The van der Waals surface area contributed by atoms with Gasteiger partial charge < -0.3 is 4.98 Å². The molecule has 35 heavy (non-hydrogen) atoms. The minimum Gasteiger partial charge on any atom is -0.342 e. The summed E-state index contributed by atoms with van der Waals surface area (Å²) in [5.74, 6) is 1.22. The van der Waals surface area contributed by atoms with Crippen LogP contribution in [0.25, 0.3) is 43.9 Å². The minimum atomic E-state index is -0.277. The number of benzene rings is 3. The van der Waals surface area contributed by atoms with Gasteiger partial charge in [-0.25, -0.2) is 9.37 Å². The number of nitrogens with zero attached hydrogens (tertiary/aromatic N) is 4. The molecule has 0 amide bonds. The molecule has 3 heterocycles. The number of imidazole rings is 1. The number of aliphatic imine (C=N–C) groups is 1. The molecule has 5 aromatic rings. The molecule has 0 spiro atoms. The van der Waals surface area contributed by atoms with Crippen molar-refractivity contribution in [2.45, 2.75) is 40.0 Å². The predicted molar refractivity (Wildman–Crippen MR) is 140 cm³/mol. The van der Waals surface area contributed by atoms with E-state index in [9.17, 15) is 0 Å². The highest BCUT2D eigenvalue weighted by molar-refractivity contribution is 6.18. The first kappa shape index (κ1) is 21.6. The van der Waals surface area contributed by atoms with E-state index in [0.29, 0.717) is 17.2 Å². The van der Waals surface area contributed by atoms with Crippen LogP contribution in [0.2, 0.25) is 0 Å². The van der Waals surface area contributed by atoms with E-state index in [1.807, 2.05) is 12.1 Å². The number of halogens is 1. The zero-order valence-electron chi connectivity index (χ0n) is 20.2. The third-order valence-electron chi connectivity index (χ3n) is 6.92. The fourth-order valence-corrected chi connectivity index (χ4v) is 4.91. The molecule has 0 atom stereocenters. The van der Waals surface area contributed by atoms with Crippen molar-refractivity contribution in [3.8, 4) is 22.4 Å². The molecule has 6 heteroatoms. The Kier molecular flexibility index (Phi) is 4.99. The van der Waals surface area contributed by atoms with E-state index in [1.54, 1.807) is 24.7 Å². The molecular weight excluding hydrogens is 437 g/mol. The second-order valence-electron chi connectivity index (χ2n) is 9.87. The van der Waals surface area contributed by atoms with Gasteiger partial charge in [-0.05, 0) is 51.6 Å². The SMILES string of the molecule is CC(C)C1=Nc2c(c3ccc(-c4ccc(-c5cnc(C(C)C)[nH]5)c(F)c4)cc3c3cnncc23)C1. The number of aromatic nitrogens is 4. The number of hydrogen-bond acceptors (Lipinski definition) is 4. The van der Waals surface area contributed by atoms with Crippen LogP contribution < -0.4 is 0 Å². The van der Waals surface area contributed by atoms with Gasteiger partial charge in [0.05, 0.1) is 30.0 Å². The Balaban J connectivity index is 1.47. The zero-order chi connectivity index (χ0) is 24.3. The Hall–Kier alpha value is -3.93. The number of rotatable bonds is 4. The van der Waals surface area contributed by atoms with Crippen molar-refractivity contribution in [2.75, 3.05) is 0 Å². The quantitative estimate of drug-likeness (QED) is 0.283. The molecule has 3 aromatic carbocycles. The zero-order valence-corrected chi connectivity index (χ0v) is 20.2. The molecule has 1 aliphatic heterocycles. The van der Waals surface area contributed by atoms with Crippen LogP contribution in [0.3, 0.4) is 0 Å². The van der Waals surface area contributed by atoms with Gasteiger partial charge in [-0.15, -0.1) is 0 Å². The molecule has 0 fully saturated rings. The summed E-state index contributed by atoms with van der Waals surface area (Å²) in [7, 11) is 0. The summed E-state index contributed by atoms with van der Waals surface area (Å²) >= 11 is 0. The summed E-state index contributed by atoms with van der Waals surface area (Å²) in [5.41, 5.74) is 6.42. The lowest BCUT2D eigenvalue weighted by Crippen LogP contribution is -2.06. The fraction of sp³-hybridized carbons (Fsp3) is 0.241. The Morgan fingerprint density at radius 1 is 0.800 bits per heavy atom. The molecule has 0 unspecified atom stereocenters. The van der Waals surface area contributed by atoms with E-state index in [2.05, 4.69) is 66.1 Å². The summed E-state index contributed by atoms with van der Waals surface area (Å²) < 4.78 is 15.2. The maximum absolute atomic E-state index is 15.2. The first-order valence-electron chi connectivity index (χ1n) is 12.0. The molecule has 1 N–H and O–H groups in total. The Morgan fingerprint density at radius 3 is 2.26 bits per heavy atom. The van der Waals surface area contributed by atoms with Crippen molar-refractivity contribution in [1.29, 1.82) is 0 Å². The van der Waals surface area contributed by atoms with Gasteiger partial charge in [0, 0.05) is 34.4 Å². The molecule has 0 saturated heterocycles.